The van der Waals surface area contributed by atoms with Gasteiger partial charge in [0.2, 0.25) is 0 Å². The van der Waals surface area contributed by atoms with Crippen LogP contribution in [-0.2, 0) is 5.75 Å². The molecular weight excluding hydrogens is 302 g/mol. The number of fused-ring (bicyclic) bond motifs is 2. The van der Waals surface area contributed by atoms with Gasteiger partial charge in [-0.1, -0.05) is 18.7 Å². The quantitative estimate of drug-likeness (QED) is 0.810. The standard InChI is InChI=1S/C20H21NOS/c1-3-18-14(7-6-10-21-18)12-23-20-11-17(20)19(22)13(2)15-8-4-5-9-16(15)20/h3,6-7,10-11,22H,1,4-5,8-9,12H2,2H3. The zero-order chi connectivity index (χ0) is 16.0. The Hall–Kier alpha value is -1.74. The van der Waals surface area contributed by atoms with Gasteiger partial charge in [-0.3, -0.25) is 4.98 Å². The van der Waals surface area contributed by atoms with Gasteiger partial charge in [-0.2, -0.15) is 0 Å². The monoisotopic (exact) mass is 323 g/mol. The first kappa shape index (κ1) is 14.8. The number of pyridine rings is 1. The molecule has 0 aliphatic heterocycles. The van der Waals surface area contributed by atoms with Crippen LogP contribution in [0.4, 0.5) is 0 Å². The van der Waals surface area contributed by atoms with Crippen LogP contribution >= 0.6 is 11.8 Å². The summed E-state index contributed by atoms with van der Waals surface area (Å²) in [6.07, 6.45) is 10.7. The van der Waals surface area contributed by atoms with Crippen molar-refractivity contribution in [1.29, 1.82) is 0 Å². The molecule has 0 amide bonds. The van der Waals surface area contributed by atoms with Crippen molar-refractivity contribution in [3.8, 4) is 0 Å². The highest BCUT2D eigenvalue weighted by molar-refractivity contribution is 8.00. The van der Waals surface area contributed by atoms with E-state index >= 15 is 0 Å². The fraction of sp³-hybridized carbons (Fsp3) is 0.350. The smallest absolute Gasteiger partial charge is 0.123 e. The van der Waals surface area contributed by atoms with Gasteiger partial charge in [-0.05, 0) is 67.0 Å². The van der Waals surface area contributed by atoms with E-state index in [2.05, 4.69) is 30.6 Å². The molecule has 0 fully saturated rings. The number of nitrogens with zero attached hydrogens (tertiary/aromatic N) is 1. The average molecular weight is 323 g/mol. The van der Waals surface area contributed by atoms with E-state index in [1.165, 1.54) is 24.0 Å². The Kier molecular flexibility index (Phi) is 3.49. The van der Waals surface area contributed by atoms with Crippen LogP contribution in [0.3, 0.4) is 0 Å². The lowest BCUT2D eigenvalue weighted by atomic mass is 9.80. The summed E-state index contributed by atoms with van der Waals surface area (Å²) in [5.74, 6) is 1.41. The van der Waals surface area contributed by atoms with Crippen LogP contribution in [0.1, 0.15) is 43.9 Å². The van der Waals surface area contributed by atoms with Crippen LogP contribution in [0.25, 0.3) is 6.08 Å². The van der Waals surface area contributed by atoms with Crippen LogP contribution in [0.5, 0.6) is 0 Å². The molecule has 1 atom stereocenters. The summed E-state index contributed by atoms with van der Waals surface area (Å²) in [4.78, 5) is 4.39. The fourth-order valence-electron chi connectivity index (χ4n) is 3.89. The van der Waals surface area contributed by atoms with Gasteiger partial charge in [0.25, 0.3) is 0 Å². The zero-order valence-corrected chi connectivity index (χ0v) is 14.2. The second-order valence-corrected chi connectivity index (χ2v) is 7.69. The van der Waals surface area contributed by atoms with Crippen molar-refractivity contribution in [2.24, 2.45) is 0 Å². The van der Waals surface area contributed by atoms with E-state index in [4.69, 9.17) is 0 Å². The topological polar surface area (TPSA) is 33.1 Å². The number of hydrogen-bond acceptors (Lipinski definition) is 3. The largest absolute Gasteiger partial charge is 0.507 e. The Morgan fingerprint density at radius 3 is 3.04 bits per heavy atom. The minimum atomic E-state index is -0.0480. The van der Waals surface area contributed by atoms with Crippen molar-refractivity contribution in [2.45, 2.75) is 43.1 Å². The predicted molar refractivity (Wildman–Crippen MR) is 97.3 cm³/mol. The number of aromatic nitrogens is 1. The second-order valence-electron chi connectivity index (χ2n) is 6.47. The molecule has 3 aliphatic carbocycles. The second kappa shape index (κ2) is 5.41. The maximum absolute atomic E-state index is 10.5. The van der Waals surface area contributed by atoms with E-state index in [-0.39, 0.29) is 4.75 Å². The molecule has 0 saturated carbocycles. The third-order valence-electron chi connectivity index (χ3n) is 5.22. The van der Waals surface area contributed by atoms with Crippen LogP contribution in [0, 0.1) is 0 Å². The Bertz CT molecular complexity index is 787. The molecule has 2 nitrogen and oxygen atoms in total. The normalized spacial score (nSPS) is 25.7. The maximum Gasteiger partial charge on any atom is 0.123 e. The molecule has 1 unspecified atom stereocenters. The van der Waals surface area contributed by atoms with Gasteiger partial charge in [0.05, 0.1) is 10.4 Å². The Balaban J connectivity index is 1.63. The Morgan fingerprint density at radius 1 is 1.39 bits per heavy atom. The van der Waals surface area contributed by atoms with E-state index in [0.717, 1.165) is 35.4 Å². The van der Waals surface area contributed by atoms with Gasteiger partial charge in [-0.25, -0.2) is 0 Å². The van der Waals surface area contributed by atoms with Gasteiger partial charge in [0, 0.05) is 17.5 Å². The third-order valence-corrected chi connectivity index (χ3v) is 6.71. The van der Waals surface area contributed by atoms with E-state index in [0.29, 0.717) is 5.76 Å². The fourth-order valence-corrected chi connectivity index (χ4v) is 5.37. The molecule has 1 aromatic heterocycles. The number of aliphatic hydroxyl groups is 1. The molecule has 23 heavy (non-hydrogen) atoms. The van der Waals surface area contributed by atoms with Crippen LogP contribution < -0.4 is 0 Å². The number of hydrogen-bond donors (Lipinski definition) is 1. The van der Waals surface area contributed by atoms with Crippen LogP contribution in [-0.4, -0.2) is 14.8 Å². The molecule has 1 heterocycles. The lowest BCUT2D eigenvalue weighted by molar-refractivity contribution is 0.414. The predicted octanol–water partition coefficient (Wildman–Crippen LogP) is 5.35. The lowest BCUT2D eigenvalue weighted by Crippen LogP contribution is -2.23. The Morgan fingerprint density at radius 2 is 2.22 bits per heavy atom. The van der Waals surface area contributed by atoms with Gasteiger partial charge < -0.3 is 5.11 Å². The molecular formula is C20H21NOS. The van der Waals surface area contributed by atoms with Crippen molar-refractivity contribution in [3.63, 3.8) is 0 Å². The minimum Gasteiger partial charge on any atom is -0.507 e. The summed E-state index contributed by atoms with van der Waals surface area (Å²) in [6, 6.07) is 4.10. The first-order valence-electron chi connectivity index (χ1n) is 8.24. The number of rotatable bonds is 4. The van der Waals surface area contributed by atoms with E-state index < -0.39 is 0 Å². The van der Waals surface area contributed by atoms with E-state index in [9.17, 15) is 5.11 Å². The summed E-state index contributed by atoms with van der Waals surface area (Å²) in [7, 11) is 0. The van der Waals surface area contributed by atoms with Crippen molar-refractivity contribution >= 4 is 17.8 Å². The van der Waals surface area contributed by atoms with Crippen LogP contribution in [0.2, 0.25) is 0 Å². The zero-order valence-electron chi connectivity index (χ0n) is 13.4. The first-order valence-corrected chi connectivity index (χ1v) is 9.22. The number of allylic oxidation sites excluding steroid dienone is 3. The summed E-state index contributed by atoms with van der Waals surface area (Å²) in [5.41, 5.74) is 7.36. The molecule has 0 saturated heterocycles. The van der Waals surface area contributed by atoms with Gasteiger partial charge >= 0.3 is 0 Å². The molecule has 0 radical (unpaired) electrons. The number of thioether (sulfide) groups is 1. The molecule has 4 rings (SSSR count). The Labute approximate surface area is 141 Å². The molecule has 1 aromatic rings. The molecule has 0 aromatic carbocycles. The van der Waals surface area contributed by atoms with Crippen molar-refractivity contribution in [2.75, 3.05) is 0 Å². The SMILES string of the molecule is C=Cc1ncccc1CSC12C=C1C(O)=C(C)C1=C2CCCC1. The summed E-state index contributed by atoms with van der Waals surface area (Å²) >= 11 is 1.92. The van der Waals surface area contributed by atoms with Crippen LogP contribution in [0.15, 0.2) is 59.0 Å². The van der Waals surface area contributed by atoms with E-state index in [1.54, 1.807) is 5.57 Å². The van der Waals surface area contributed by atoms with E-state index in [1.807, 2.05) is 30.1 Å². The van der Waals surface area contributed by atoms with Gasteiger partial charge in [0.15, 0.2) is 0 Å². The molecule has 0 spiro atoms. The lowest BCUT2D eigenvalue weighted by Gasteiger charge is -2.33. The third kappa shape index (κ3) is 2.21. The summed E-state index contributed by atoms with van der Waals surface area (Å²) < 4.78 is -0.0480. The maximum atomic E-state index is 10.5. The molecule has 3 heteroatoms. The molecule has 3 aliphatic rings. The highest BCUT2D eigenvalue weighted by Crippen LogP contribution is 2.62. The van der Waals surface area contributed by atoms with Gasteiger partial charge in [0.1, 0.15) is 5.76 Å². The average Bonchev–Trinajstić information content (AvgIpc) is 3.35. The van der Waals surface area contributed by atoms with Crippen molar-refractivity contribution in [3.05, 3.63) is 70.3 Å². The molecule has 0 bridgehead atoms. The number of aliphatic hydroxyl groups excluding tert-OH is 1. The minimum absolute atomic E-state index is 0.0480. The highest BCUT2D eigenvalue weighted by atomic mass is 32.2. The first-order chi connectivity index (χ1) is 11.2. The highest BCUT2D eigenvalue weighted by Gasteiger charge is 2.53. The summed E-state index contributed by atoms with van der Waals surface area (Å²) in [6.45, 7) is 5.93. The summed E-state index contributed by atoms with van der Waals surface area (Å²) in [5, 5.41) is 10.5. The molecule has 1 N–H and O–H groups in total. The van der Waals surface area contributed by atoms with Crippen molar-refractivity contribution in [1.82, 2.24) is 4.98 Å². The van der Waals surface area contributed by atoms with Gasteiger partial charge in [-0.15, -0.1) is 11.8 Å². The van der Waals surface area contributed by atoms with Crippen molar-refractivity contribution < 1.29 is 5.11 Å². The molecule has 118 valence electrons.